The Morgan fingerprint density at radius 2 is 1.52 bits per heavy atom. The molecule has 0 amide bonds. The van der Waals surface area contributed by atoms with Crippen LogP contribution in [-0.2, 0) is 19.1 Å². The van der Waals surface area contributed by atoms with Crippen molar-refractivity contribution in [2.24, 2.45) is 5.92 Å². The lowest BCUT2D eigenvalue weighted by Gasteiger charge is -2.16. The third-order valence-electron chi connectivity index (χ3n) is 3.39. The van der Waals surface area contributed by atoms with Crippen LogP contribution in [0.2, 0.25) is 25.7 Å². The van der Waals surface area contributed by atoms with Crippen LogP contribution in [0, 0.1) is 5.92 Å². The summed E-state index contributed by atoms with van der Waals surface area (Å²) in [7, 11) is -1.05. The molecule has 23 heavy (non-hydrogen) atoms. The lowest BCUT2D eigenvalue weighted by Crippen LogP contribution is -2.28. The van der Waals surface area contributed by atoms with Crippen LogP contribution >= 0.6 is 0 Å². The Hall–Kier alpha value is -1.10. The summed E-state index contributed by atoms with van der Waals surface area (Å²) in [6.45, 7) is 13.4. The van der Waals surface area contributed by atoms with Crippen molar-refractivity contribution >= 4 is 20.0 Å². The van der Waals surface area contributed by atoms with Gasteiger partial charge >= 0.3 is 11.9 Å². The van der Waals surface area contributed by atoms with Crippen LogP contribution in [0.1, 0.15) is 46.5 Å². The van der Waals surface area contributed by atoms with Crippen LogP contribution in [0.25, 0.3) is 0 Å². The average molecular weight is 343 g/mol. The molecule has 0 aliphatic carbocycles. The molecule has 134 valence electrons. The molecule has 0 N–H and O–H groups in total. The lowest BCUT2D eigenvalue weighted by molar-refractivity contribution is -0.161. The van der Waals surface area contributed by atoms with Crippen LogP contribution in [0.3, 0.4) is 0 Å². The largest absolute Gasteiger partial charge is 0.465 e. The van der Waals surface area contributed by atoms with Gasteiger partial charge in [-0.3, -0.25) is 9.59 Å². The molecule has 0 aromatic carbocycles. The topological polar surface area (TPSA) is 52.6 Å². The summed E-state index contributed by atoms with van der Waals surface area (Å²) in [6.07, 6.45) is 5.58. The van der Waals surface area contributed by atoms with Crippen molar-refractivity contribution in [3.63, 3.8) is 0 Å². The zero-order valence-corrected chi connectivity index (χ0v) is 16.7. The summed E-state index contributed by atoms with van der Waals surface area (Å²) in [5.74, 6) is -1.70. The molecule has 0 radical (unpaired) electrons. The first-order chi connectivity index (χ1) is 10.7. The fourth-order valence-electron chi connectivity index (χ4n) is 2.57. The maximum absolute atomic E-state index is 11.9. The van der Waals surface area contributed by atoms with Gasteiger partial charge in [0.15, 0.2) is 5.92 Å². The zero-order chi connectivity index (χ0) is 17.9. The van der Waals surface area contributed by atoms with Crippen LogP contribution in [0.5, 0.6) is 0 Å². The SMILES string of the molecule is CCOC(=O)C(CCCC/C=C(\C)C[Si](C)(C)C)C(=O)OCC. The number of carbonyl (C=O) groups is 2. The molecule has 0 heterocycles. The average Bonchev–Trinajstić information content (AvgIpc) is 2.41. The third-order valence-corrected chi connectivity index (χ3v) is 5.01. The van der Waals surface area contributed by atoms with E-state index in [4.69, 9.17) is 9.47 Å². The highest BCUT2D eigenvalue weighted by molar-refractivity contribution is 6.76. The number of esters is 2. The molecule has 0 atom stereocenters. The van der Waals surface area contributed by atoms with Crippen molar-refractivity contribution in [3.05, 3.63) is 11.6 Å². The Labute approximate surface area is 142 Å². The molecule has 5 heteroatoms. The highest BCUT2D eigenvalue weighted by Gasteiger charge is 2.28. The Kier molecular flexibility index (Phi) is 10.9. The van der Waals surface area contributed by atoms with Gasteiger partial charge in [-0.2, -0.15) is 0 Å². The predicted molar refractivity (Wildman–Crippen MR) is 97.1 cm³/mol. The number of rotatable bonds is 11. The van der Waals surface area contributed by atoms with Gasteiger partial charge in [0.2, 0.25) is 0 Å². The molecule has 0 rings (SSSR count). The Balaban J connectivity index is 4.29. The summed E-state index contributed by atoms with van der Waals surface area (Å²) in [6, 6.07) is 1.22. The van der Waals surface area contributed by atoms with E-state index >= 15 is 0 Å². The smallest absolute Gasteiger partial charge is 0.320 e. The van der Waals surface area contributed by atoms with E-state index in [1.807, 2.05) is 0 Å². The van der Waals surface area contributed by atoms with Crippen LogP contribution in [0.4, 0.5) is 0 Å². The maximum atomic E-state index is 11.9. The zero-order valence-electron chi connectivity index (χ0n) is 15.7. The van der Waals surface area contributed by atoms with Gasteiger partial charge < -0.3 is 9.47 Å². The van der Waals surface area contributed by atoms with Gasteiger partial charge in [0.1, 0.15) is 0 Å². The summed E-state index contributed by atoms with van der Waals surface area (Å²) in [5.41, 5.74) is 1.46. The summed E-state index contributed by atoms with van der Waals surface area (Å²) in [5, 5.41) is 0. The molecule has 0 bridgehead atoms. The molecular weight excluding hydrogens is 308 g/mol. The molecule has 0 spiro atoms. The number of unbranched alkanes of at least 4 members (excludes halogenated alkanes) is 2. The molecule has 0 unspecified atom stereocenters. The fraction of sp³-hybridized carbons (Fsp3) is 0.778. The number of carbonyl (C=O) groups excluding carboxylic acids is 2. The Morgan fingerprint density at radius 1 is 1.00 bits per heavy atom. The minimum Gasteiger partial charge on any atom is -0.465 e. The number of hydrogen-bond acceptors (Lipinski definition) is 4. The summed E-state index contributed by atoms with van der Waals surface area (Å²) >= 11 is 0. The lowest BCUT2D eigenvalue weighted by atomic mass is 10.0. The standard InChI is InChI=1S/C18H34O4Si/c1-7-21-17(19)16(18(20)22-8-2)13-11-9-10-12-15(3)14-23(4,5)6/h12,16H,7-11,13-14H2,1-6H3/b15-12+. The van der Waals surface area contributed by atoms with E-state index in [1.165, 1.54) is 11.6 Å². The highest BCUT2D eigenvalue weighted by atomic mass is 28.3. The van der Waals surface area contributed by atoms with E-state index in [2.05, 4.69) is 32.6 Å². The van der Waals surface area contributed by atoms with E-state index in [0.717, 1.165) is 19.3 Å². The first kappa shape index (κ1) is 21.9. The van der Waals surface area contributed by atoms with Crippen molar-refractivity contribution in [2.75, 3.05) is 13.2 Å². The van der Waals surface area contributed by atoms with Crippen LogP contribution in [-0.4, -0.2) is 33.2 Å². The number of hydrogen-bond donors (Lipinski definition) is 0. The first-order valence-electron chi connectivity index (χ1n) is 8.70. The maximum Gasteiger partial charge on any atom is 0.320 e. The van der Waals surface area contributed by atoms with Gasteiger partial charge in [0.25, 0.3) is 0 Å². The molecule has 0 aliphatic heterocycles. The molecule has 0 aromatic rings. The predicted octanol–water partition coefficient (Wildman–Crippen LogP) is 4.57. The van der Waals surface area contributed by atoms with E-state index in [1.54, 1.807) is 13.8 Å². The van der Waals surface area contributed by atoms with Gasteiger partial charge in [-0.1, -0.05) is 37.7 Å². The van der Waals surface area contributed by atoms with E-state index < -0.39 is 25.9 Å². The van der Waals surface area contributed by atoms with Gasteiger partial charge in [0.05, 0.1) is 13.2 Å². The molecule has 4 nitrogen and oxygen atoms in total. The quantitative estimate of drug-likeness (QED) is 0.181. The van der Waals surface area contributed by atoms with E-state index in [9.17, 15) is 9.59 Å². The third kappa shape index (κ3) is 11.1. The number of allylic oxidation sites excluding steroid dienone is 2. The second-order valence-corrected chi connectivity index (χ2v) is 12.6. The first-order valence-corrected chi connectivity index (χ1v) is 12.4. The minimum atomic E-state index is -1.05. The second kappa shape index (κ2) is 11.4. The van der Waals surface area contributed by atoms with Crippen molar-refractivity contribution in [2.45, 2.75) is 72.1 Å². The van der Waals surface area contributed by atoms with Crippen molar-refractivity contribution < 1.29 is 19.1 Å². The molecule has 0 saturated carbocycles. The normalized spacial score (nSPS) is 12.4. The van der Waals surface area contributed by atoms with Crippen LogP contribution in [0.15, 0.2) is 11.6 Å². The van der Waals surface area contributed by atoms with Crippen molar-refractivity contribution in [3.8, 4) is 0 Å². The monoisotopic (exact) mass is 342 g/mol. The van der Waals surface area contributed by atoms with Crippen molar-refractivity contribution in [1.82, 2.24) is 0 Å². The summed E-state index contributed by atoms with van der Waals surface area (Å²) in [4.78, 5) is 23.7. The van der Waals surface area contributed by atoms with Crippen LogP contribution < -0.4 is 0 Å². The molecule has 0 aromatic heterocycles. The Morgan fingerprint density at radius 3 is 1.96 bits per heavy atom. The molecule has 0 fully saturated rings. The second-order valence-electron chi connectivity index (χ2n) is 7.13. The van der Waals surface area contributed by atoms with Crippen molar-refractivity contribution in [1.29, 1.82) is 0 Å². The van der Waals surface area contributed by atoms with Gasteiger partial charge in [0, 0.05) is 8.07 Å². The number of ether oxygens (including phenoxy) is 2. The van der Waals surface area contributed by atoms with Gasteiger partial charge in [-0.25, -0.2) is 0 Å². The van der Waals surface area contributed by atoms with Gasteiger partial charge in [-0.15, -0.1) is 0 Å². The Bertz CT molecular complexity index is 378. The highest BCUT2D eigenvalue weighted by Crippen LogP contribution is 2.18. The van der Waals surface area contributed by atoms with E-state index in [0.29, 0.717) is 6.42 Å². The molecular formula is C18H34O4Si. The van der Waals surface area contributed by atoms with E-state index in [-0.39, 0.29) is 13.2 Å². The van der Waals surface area contributed by atoms with Gasteiger partial charge in [-0.05, 0) is 46.1 Å². The minimum absolute atomic E-state index is 0.285. The molecule has 0 aliphatic rings. The molecule has 0 saturated heterocycles. The summed E-state index contributed by atoms with van der Waals surface area (Å²) < 4.78 is 9.95. The fourth-order valence-corrected chi connectivity index (χ4v) is 4.38.